The van der Waals surface area contributed by atoms with Crippen LogP contribution in [0.15, 0.2) is 34.7 Å². The molecule has 128 valence electrons. The minimum absolute atomic E-state index is 0.0638. The number of rotatable bonds is 5. The molecule has 0 saturated carbocycles. The lowest BCUT2D eigenvalue weighted by atomic mass is 9.99. The quantitative estimate of drug-likeness (QED) is 0.864. The van der Waals surface area contributed by atoms with Crippen LogP contribution in [0.3, 0.4) is 0 Å². The van der Waals surface area contributed by atoms with Crippen LogP contribution in [0.4, 0.5) is 0 Å². The van der Waals surface area contributed by atoms with Crippen molar-refractivity contribution < 1.29 is 19.4 Å². The number of furan rings is 1. The third-order valence-corrected chi connectivity index (χ3v) is 4.71. The monoisotopic (exact) mass is 349 g/mol. The van der Waals surface area contributed by atoms with E-state index in [-0.39, 0.29) is 17.2 Å². The maximum absolute atomic E-state index is 11.2. The van der Waals surface area contributed by atoms with Gasteiger partial charge in [-0.15, -0.1) is 0 Å². The second-order valence-corrected chi connectivity index (χ2v) is 6.60. The van der Waals surface area contributed by atoms with Gasteiger partial charge in [-0.05, 0) is 55.6 Å². The van der Waals surface area contributed by atoms with Gasteiger partial charge in [-0.3, -0.25) is 4.90 Å². The van der Waals surface area contributed by atoms with Crippen LogP contribution >= 0.6 is 11.6 Å². The highest BCUT2D eigenvalue weighted by Gasteiger charge is 2.20. The summed E-state index contributed by atoms with van der Waals surface area (Å²) in [6.45, 7) is 2.78. The van der Waals surface area contributed by atoms with Crippen LogP contribution in [0.5, 0.6) is 0 Å². The van der Waals surface area contributed by atoms with E-state index in [0.29, 0.717) is 23.8 Å². The molecule has 1 aliphatic rings. The average Bonchev–Trinajstić information content (AvgIpc) is 3.03. The molecule has 2 heterocycles. The number of carbonyl (C=O) groups is 1. The molecule has 2 aromatic rings. The minimum atomic E-state index is -1.06. The minimum Gasteiger partial charge on any atom is -0.478 e. The van der Waals surface area contributed by atoms with Gasteiger partial charge in [-0.1, -0.05) is 11.6 Å². The predicted octanol–water partition coefficient (Wildman–Crippen LogP) is 3.50. The molecule has 0 amide bonds. The first kappa shape index (κ1) is 17.0. The van der Waals surface area contributed by atoms with Crippen LogP contribution in [-0.2, 0) is 6.54 Å². The number of aliphatic hydroxyl groups is 1. The number of carboxylic acid groups (broad SMARTS) is 1. The van der Waals surface area contributed by atoms with Gasteiger partial charge in [-0.2, -0.15) is 0 Å². The molecule has 0 aliphatic carbocycles. The van der Waals surface area contributed by atoms with Crippen molar-refractivity contribution in [1.29, 1.82) is 0 Å². The van der Waals surface area contributed by atoms with E-state index in [4.69, 9.17) is 21.1 Å². The summed E-state index contributed by atoms with van der Waals surface area (Å²) < 4.78 is 5.88. The summed E-state index contributed by atoms with van der Waals surface area (Å²) in [6, 6.07) is 8.60. The van der Waals surface area contributed by atoms with Gasteiger partial charge in [0.2, 0.25) is 0 Å². The number of aromatic carboxylic acids is 1. The molecule has 1 fully saturated rings. The normalized spacial score (nSPS) is 18.7. The van der Waals surface area contributed by atoms with Gasteiger partial charge in [0.25, 0.3) is 0 Å². The molecule has 24 heavy (non-hydrogen) atoms. The summed E-state index contributed by atoms with van der Waals surface area (Å²) >= 11 is 5.90. The van der Waals surface area contributed by atoms with Crippen LogP contribution < -0.4 is 0 Å². The molecule has 0 bridgehead atoms. The highest BCUT2D eigenvalue weighted by molar-refractivity contribution is 6.33. The number of carboxylic acids is 1. The van der Waals surface area contributed by atoms with Crippen molar-refractivity contribution in [3.8, 4) is 11.3 Å². The van der Waals surface area contributed by atoms with Crippen molar-refractivity contribution in [2.45, 2.75) is 19.4 Å². The van der Waals surface area contributed by atoms with Crippen LogP contribution in [0.1, 0.15) is 29.0 Å². The van der Waals surface area contributed by atoms with Crippen LogP contribution in [0.2, 0.25) is 5.02 Å². The highest BCUT2D eigenvalue weighted by atomic mass is 35.5. The lowest BCUT2D eigenvalue weighted by Crippen LogP contribution is -2.36. The van der Waals surface area contributed by atoms with Crippen molar-refractivity contribution in [2.24, 2.45) is 5.92 Å². The van der Waals surface area contributed by atoms with E-state index < -0.39 is 5.97 Å². The highest BCUT2D eigenvalue weighted by Crippen LogP contribution is 2.28. The summed E-state index contributed by atoms with van der Waals surface area (Å²) in [4.78, 5) is 13.5. The van der Waals surface area contributed by atoms with Gasteiger partial charge < -0.3 is 14.6 Å². The van der Waals surface area contributed by atoms with E-state index >= 15 is 0 Å². The molecule has 1 aliphatic heterocycles. The van der Waals surface area contributed by atoms with Crippen molar-refractivity contribution >= 4 is 17.6 Å². The molecule has 0 radical (unpaired) electrons. The Morgan fingerprint density at radius 3 is 2.92 bits per heavy atom. The second kappa shape index (κ2) is 7.38. The first-order valence-electron chi connectivity index (χ1n) is 8.02. The Morgan fingerprint density at radius 1 is 1.33 bits per heavy atom. The fourth-order valence-corrected chi connectivity index (χ4v) is 3.32. The smallest absolute Gasteiger partial charge is 0.337 e. The number of piperidine rings is 1. The van der Waals surface area contributed by atoms with Crippen molar-refractivity contribution in [3.05, 3.63) is 46.7 Å². The predicted molar refractivity (Wildman–Crippen MR) is 91.2 cm³/mol. The van der Waals surface area contributed by atoms with E-state index in [9.17, 15) is 9.90 Å². The molecule has 1 saturated heterocycles. The molecule has 3 rings (SSSR count). The third-order valence-electron chi connectivity index (χ3n) is 4.38. The maximum atomic E-state index is 11.2. The lowest BCUT2D eigenvalue weighted by molar-refractivity contribution is 0.0697. The van der Waals surface area contributed by atoms with E-state index in [0.717, 1.165) is 31.7 Å². The lowest BCUT2D eigenvalue weighted by Gasteiger charge is -2.30. The van der Waals surface area contributed by atoms with Gasteiger partial charge in [0, 0.05) is 18.7 Å². The number of nitrogens with zero attached hydrogens (tertiary/aromatic N) is 1. The molecule has 1 atom stereocenters. The number of hydrogen-bond acceptors (Lipinski definition) is 4. The molecule has 1 aromatic carbocycles. The molecule has 6 heteroatoms. The topological polar surface area (TPSA) is 73.9 Å². The zero-order valence-corrected chi connectivity index (χ0v) is 14.0. The third kappa shape index (κ3) is 3.80. The van der Waals surface area contributed by atoms with Gasteiger partial charge in [0.05, 0.1) is 17.1 Å². The van der Waals surface area contributed by atoms with E-state index in [1.807, 2.05) is 12.1 Å². The fourth-order valence-electron chi connectivity index (χ4n) is 3.12. The van der Waals surface area contributed by atoms with Gasteiger partial charge in [-0.25, -0.2) is 4.79 Å². The standard InChI is InChI=1S/C18H20ClNO4/c19-16-5-3-13(8-15(16)18(22)23)17-6-4-14(24-17)10-20-7-1-2-12(9-20)11-21/h3-6,8,12,21H,1-2,7,9-11H2,(H,22,23)/t12-/m1/s1. The summed E-state index contributed by atoms with van der Waals surface area (Å²) in [5.74, 6) is 0.731. The first-order chi connectivity index (χ1) is 11.6. The Hall–Kier alpha value is -1.82. The molecular weight excluding hydrogens is 330 g/mol. The Labute approximate surface area is 145 Å². The fraction of sp³-hybridized carbons (Fsp3) is 0.389. The SMILES string of the molecule is O=C(O)c1cc(-c2ccc(CN3CCC[C@@H](CO)C3)o2)ccc1Cl. The van der Waals surface area contributed by atoms with E-state index in [1.165, 1.54) is 6.07 Å². The van der Waals surface area contributed by atoms with Gasteiger partial charge >= 0.3 is 5.97 Å². The van der Waals surface area contributed by atoms with Crippen molar-refractivity contribution in [2.75, 3.05) is 19.7 Å². The number of aliphatic hydroxyl groups excluding tert-OH is 1. The Kier molecular flexibility index (Phi) is 5.23. The molecule has 0 spiro atoms. The molecule has 5 nitrogen and oxygen atoms in total. The maximum Gasteiger partial charge on any atom is 0.337 e. The number of hydrogen-bond donors (Lipinski definition) is 2. The zero-order chi connectivity index (χ0) is 17.1. The zero-order valence-electron chi connectivity index (χ0n) is 13.2. The summed E-state index contributed by atoms with van der Waals surface area (Å²) in [5, 5.41) is 18.7. The molecular formula is C18H20ClNO4. The van der Waals surface area contributed by atoms with E-state index in [1.54, 1.807) is 12.1 Å². The van der Waals surface area contributed by atoms with Gasteiger partial charge in [0.1, 0.15) is 11.5 Å². The average molecular weight is 350 g/mol. The number of halogens is 1. The van der Waals surface area contributed by atoms with Crippen molar-refractivity contribution in [3.63, 3.8) is 0 Å². The molecule has 1 aromatic heterocycles. The summed E-state index contributed by atoms with van der Waals surface area (Å²) in [6.07, 6.45) is 2.15. The van der Waals surface area contributed by atoms with Crippen LogP contribution in [0, 0.1) is 5.92 Å². The van der Waals surface area contributed by atoms with Crippen LogP contribution in [-0.4, -0.2) is 40.8 Å². The van der Waals surface area contributed by atoms with Crippen molar-refractivity contribution in [1.82, 2.24) is 4.90 Å². The Bertz CT molecular complexity index is 728. The summed E-state index contributed by atoms with van der Waals surface area (Å²) in [7, 11) is 0. The van der Waals surface area contributed by atoms with Gasteiger partial charge in [0.15, 0.2) is 0 Å². The first-order valence-corrected chi connectivity index (χ1v) is 8.39. The second-order valence-electron chi connectivity index (χ2n) is 6.19. The number of likely N-dealkylation sites (tertiary alicyclic amines) is 1. The van der Waals surface area contributed by atoms with Crippen LogP contribution in [0.25, 0.3) is 11.3 Å². The summed E-state index contributed by atoms with van der Waals surface area (Å²) in [5.41, 5.74) is 0.754. The molecule has 2 N–H and O–H groups in total. The molecule has 0 unspecified atom stereocenters. The Balaban J connectivity index is 1.74. The largest absolute Gasteiger partial charge is 0.478 e. The van der Waals surface area contributed by atoms with E-state index in [2.05, 4.69) is 4.90 Å². The number of benzene rings is 1. The Morgan fingerprint density at radius 2 is 2.17 bits per heavy atom.